The molecule has 0 heterocycles. The van der Waals surface area contributed by atoms with Crippen LogP contribution in [0.3, 0.4) is 0 Å². The van der Waals surface area contributed by atoms with Gasteiger partial charge in [0.15, 0.2) is 11.5 Å². The van der Waals surface area contributed by atoms with E-state index in [2.05, 4.69) is 17.6 Å². The minimum Gasteiger partial charge on any atom is -0.495 e. The van der Waals surface area contributed by atoms with Gasteiger partial charge < -0.3 is 34.7 Å². The number of para-hydroxylation sites is 4. The number of aliphatic hydroxyl groups is 1. The van der Waals surface area contributed by atoms with Gasteiger partial charge in [-0.25, -0.2) is 0 Å². The molecule has 0 aromatic heterocycles. The van der Waals surface area contributed by atoms with E-state index in [1.807, 2.05) is 6.92 Å². The molecule has 3 N–H and O–H groups in total. The van der Waals surface area contributed by atoms with Crippen molar-refractivity contribution in [2.75, 3.05) is 38.1 Å². The Labute approximate surface area is 264 Å². The highest BCUT2D eigenvalue weighted by atomic mass is 16.5. The third kappa shape index (κ3) is 7.57. The van der Waals surface area contributed by atoms with Gasteiger partial charge in [0.25, 0.3) is 0 Å². The quantitative estimate of drug-likeness (QED) is 0.167. The Morgan fingerprint density at radius 2 is 1.44 bits per heavy atom. The lowest BCUT2D eigenvalue weighted by atomic mass is 9.61. The van der Waals surface area contributed by atoms with Crippen molar-refractivity contribution in [1.82, 2.24) is 0 Å². The molecule has 10 heteroatoms. The molecule has 0 saturated heterocycles. The van der Waals surface area contributed by atoms with Crippen molar-refractivity contribution < 1.29 is 38.4 Å². The molecular formula is C35H42N2O8. The minimum absolute atomic E-state index is 0.338. The van der Waals surface area contributed by atoms with Crippen LogP contribution in [0.15, 0.2) is 66.7 Å². The third-order valence-corrected chi connectivity index (χ3v) is 7.97. The lowest BCUT2D eigenvalue weighted by molar-refractivity contribution is -0.150. The number of hydrogen-bond acceptors (Lipinski definition) is 8. The summed E-state index contributed by atoms with van der Waals surface area (Å²) in [5.74, 6) is -3.57. The molecular weight excluding hydrogens is 576 g/mol. The summed E-state index contributed by atoms with van der Waals surface area (Å²) in [7, 11) is 2.97. The highest BCUT2D eigenvalue weighted by Crippen LogP contribution is 2.48. The molecule has 1 fully saturated rings. The molecule has 4 rings (SSSR count). The summed E-state index contributed by atoms with van der Waals surface area (Å²) in [6.45, 7) is 6.17. The van der Waals surface area contributed by atoms with Crippen LogP contribution in [0.25, 0.3) is 0 Å². The molecule has 4 unspecified atom stereocenters. The zero-order chi connectivity index (χ0) is 32.6. The molecule has 10 nitrogen and oxygen atoms in total. The average Bonchev–Trinajstić information content (AvgIpc) is 3.01. The molecule has 45 heavy (non-hydrogen) atoms. The number of carbonyl (C=O) groups excluding carboxylic acids is 3. The summed E-state index contributed by atoms with van der Waals surface area (Å²) in [4.78, 5) is 42.0. The van der Waals surface area contributed by atoms with Crippen LogP contribution in [0.4, 0.5) is 11.4 Å². The molecule has 1 aliphatic carbocycles. The van der Waals surface area contributed by atoms with E-state index >= 15 is 0 Å². The molecule has 2 amide bonds. The highest BCUT2D eigenvalue weighted by molar-refractivity contribution is 6.11. The van der Waals surface area contributed by atoms with Gasteiger partial charge in [-0.2, -0.15) is 0 Å². The van der Waals surface area contributed by atoms with E-state index in [9.17, 15) is 19.5 Å². The van der Waals surface area contributed by atoms with Gasteiger partial charge in [0.2, 0.25) is 11.8 Å². The maximum atomic E-state index is 14.2. The topological polar surface area (TPSA) is 132 Å². The first-order chi connectivity index (χ1) is 21.6. The largest absolute Gasteiger partial charge is 0.495 e. The van der Waals surface area contributed by atoms with Crippen LogP contribution in [0.5, 0.6) is 23.0 Å². The second-order valence-corrected chi connectivity index (χ2v) is 11.2. The number of hydrogen-bond donors (Lipinski definition) is 3. The molecule has 1 saturated carbocycles. The van der Waals surface area contributed by atoms with Gasteiger partial charge in [-0.3, -0.25) is 14.4 Å². The summed E-state index contributed by atoms with van der Waals surface area (Å²) < 4.78 is 22.7. The molecule has 0 aliphatic heterocycles. The minimum atomic E-state index is -1.79. The molecule has 3 aromatic carbocycles. The summed E-state index contributed by atoms with van der Waals surface area (Å²) in [5, 5.41) is 17.4. The van der Waals surface area contributed by atoms with E-state index in [1.54, 1.807) is 66.7 Å². The second-order valence-electron chi connectivity index (χ2n) is 11.2. The van der Waals surface area contributed by atoms with Crippen LogP contribution >= 0.6 is 0 Å². The van der Waals surface area contributed by atoms with Crippen LogP contribution in [0, 0.1) is 11.8 Å². The number of anilines is 2. The average molecular weight is 619 g/mol. The number of methoxy groups -OCH3 is 2. The van der Waals surface area contributed by atoms with Crippen molar-refractivity contribution in [3.63, 3.8) is 0 Å². The fraction of sp³-hybridized carbons (Fsp3) is 0.400. The summed E-state index contributed by atoms with van der Waals surface area (Å²) in [6, 6.07) is 18.9. The monoisotopic (exact) mass is 618 g/mol. The van der Waals surface area contributed by atoms with Crippen LogP contribution in [-0.2, 0) is 14.4 Å². The number of ether oxygens (including phenoxy) is 4. The van der Waals surface area contributed by atoms with E-state index in [4.69, 9.17) is 18.9 Å². The van der Waals surface area contributed by atoms with E-state index in [-0.39, 0.29) is 0 Å². The molecule has 1 aliphatic rings. The van der Waals surface area contributed by atoms with Gasteiger partial charge in [-0.15, -0.1) is 0 Å². The van der Waals surface area contributed by atoms with Crippen molar-refractivity contribution >= 4 is 29.0 Å². The van der Waals surface area contributed by atoms with Gasteiger partial charge in [-0.1, -0.05) is 43.7 Å². The number of benzene rings is 3. The fourth-order valence-corrected chi connectivity index (χ4v) is 5.85. The lowest BCUT2D eigenvalue weighted by Crippen LogP contribution is -2.56. The predicted octanol–water partition coefficient (Wildman–Crippen LogP) is 5.60. The number of rotatable bonds is 13. The van der Waals surface area contributed by atoms with Gasteiger partial charge in [0, 0.05) is 12.3 Å². The maximum Gasteiger partial charge on any atom is 0.235 e. The molecule has 4 atom stereocenters. The SMILES string of the molecule is CCCCOc1ccc(C2C(C(=O)Nc3ccccc3OC)C(=O)CC(C)(O)C2C(=O)Nc2ccccc2OC)cc1OCC. The molecule has 0 bridgehead atoms. The van der Waals surface area contributed by atoms with Crippen molar-refractivity contribution in [1.29, 1.82) is 0 Å². The van der Waals surface area contributed by atoms with Crippen LogP contribution in [-0.4, -0.2) is 55.7 Å². The summed E-state index contributed by atoms with van der Waals surface area (Å²) in [5.41, 5.74) is -0.563. The van der Waals surface area contributed by atoms with Gasteiger partial charge in [-0.05, 0) is 62.2 Å². The third-order valence-electron chi connectivity index (χ3n) is 7.97. The van der Waals surface area contributed by atoms with Crippen molar-refractivity contribution in [2.45, 2.75) is 51.6 Å². The Hall–Kier alpha value is -4.57. The number of amides is 2. The summed E-state index contributed by atoms with van der Waals surface area (Å²) >= 11 is 0. The van der Waals surface area contributed by atoms with Crippen LogP contribution in [0.2, 0.25) is 0 Å². The number of ketones is 1. The predicted molar refractivity (Wildman–Crippen MR) is 171 cm³/mol. The number of carbonyl (C=O) groups is 3. The zero-order valence-electron chi connectivity index (χ0n) is 26.4. The smallest absolute Gasteiger partial charge is 0.235 e. The Morgan fingerprint density at radius 3 is 2.02 bits per heavy atom. The van der Waals surface area contributed by atoms with Crippen LogP contribution in [0.1, 0.15) is 51.5 Å². The second kappa shape index (κ2) is 14.9. The van der Waals surface area contributed by atoms with E-state index in [0.717, 1.165) is 12.8 Å². The normalized spacial score (nSPS) is 21.0. The number of Topliss-reactive ketones (excluding diaryl/α,β-unsaturated/α-hetero) is 1. The Bertz CT molecular complexity index is 1500. The maximum absolute atomic E-state index is 14.2. The molecule has 240 valence electrons. The van der Waals surface area contributed by atoms with Crippen molar-refractivity contribution in [2.24, 2.45) is 11.8 Å². The van der Waals surface area contributed by atoms with Crippen molar-refractivity contribution in [3.05, 3.63) is 72.3 Å². The Morgan fingerprint density at radius 1 is 0.844 bits per heavy atom. The van der Waals surface area contributed by atoms with E-state index in [1.165, 1.54) is 21.1 Å². The number of nitrogens with one attached hydrogen (secondary N) is 2. The molecule has 0 spiro atoms. The first-order valence-corrected chi connectivity index (χ1v) is 15.2. The van der Waals surface area contributed by atoms with Gasteiger partial charge in [0.05, 0.1) is 50.3 Å². The molecule has 3 aromatic rings. The van der Waals surface area contributed by atoms with E-state index in [0.29, 0.717) is 53.2 Å². The van der Waals surface area contributed by atoms with Gasteiger partial charge in [0.1, 0.15) is 23.2 Å². The number of unbranched alkanes of at least 4 members (excludes halogenated alkanes) is 1. The fourth-order valence-electron chi connectivity index (χ4n) is 5.85. The summed E-state index contributed by atoms with van der Waals surface area (Å²) in [6.07, 6.45) is 1.39. The standard InChI is InChI=1S/C35H42N2O8/c1-6-8-19-45-28-18-17-22(20-29(28)44-7-2)30-31(33(39)36-23-13-9-11-15-26(23)42-4)25(38)21-35(3,41)32(30)34(40)37-24-14-10-12-16-27(24)43-5/h9-18,20,30-32,41H,6-8,19,21H2,1-5H3,(H,36,39)(H,37,40). The lowest BCUT2D eigenvalue weighted by Gasteiger charge is -2.44. The van der Waals surface area contributed by atoms with Gasteiger partial charge >= 0.3 is 0 Å². The molecule has 0 radical (unpaired) electrons. The zero-order valence-corrected chi connectivity index (χ0v) is 26.4. The van der Waals surface area contributed by atoms with Crippen molar-refractivity contribution in [3.8, 4) is 23.0 Å². The van der Waals surface area contributed by atoms with E-state index < -0.39 is 47.4 Å². The first-order valence-electron chi connectivity index (χ1n) is 15.2. The first kappa shape index (κ1) is 33.3. The highest BCUT2D eigenvalue weighted by Gasteiger charge is 2.56. The Kier molecular flexibility index (Phi) is 11.1. The van der Waals surface area contributed by atoms with Crippen LogP contribution < -0.4 is 29.6 Å². The Balaban J connectivity index is 1.83.